The van der Waals surface area contributed by atoms with Gasteiger partial charge in [0.25, 0.3) is 0 Å². The molecule has 0 aliphatic heterocycles. The number of unbranched alkanes of at least 4 members (excludes halogenated alkanes) is 13. The molecule has 25 heavy (non-hydrogen) atoms. The van der Waals surface area contributed by atoms with Crippen LogP contribution < -0.4 is 11.5 Å². The molecule has 4 heteroatoms. The summed E-state index contributed by atoms with van der Waals surface area (Å²) >= 11 is 0. The van der Waals surface area contributed by atoms with Crippen LogP contribution in [0.25, 0.3) is 0 Å². The van der Waals surface area contributed by atoms with Crippen LogP contribution in [0.1, 0.15) is 96.8 Å². The highest BCUT2D eigenvalue weighted by atomic mass is 15.2. The molecule has 0 spiro atoms. The van der Waals surface area contributed by atoms with Gasteiger partial charge in [0, 0.05) is 6.54 Å². The minimum Gasteiger partial charge on any atom is -0.370 e. The molecule has 0 heterocycles. The molecule has 0 saturated carbocycles. The molecule has 0 unspecified atom stereocenters. The average molecular weight is 358 g/mol. The van der Waals surface area contributed by atoms with E-state index in [0.717, 1.165) is 17.4 Å². The molecule has 152 valence electrons. The van der Waals surface area contributed by atoms with Gasteiger partial charge in [-0.1, -0.05) is 90.4 Å². The molecule has 0 fully saturated rings. The Kier molecular flexibility index (Phi) is 20.7. The Labute approximate surface area is 159 Å². The van der Waals surface area contributed by atoms with E-state index in [0.29, 0.717) is 0 Å². The normalized spacial score (nSPS) is 10.9. The van der Waals surface area contributed by atoms with Gasteiger partial charge in [0.2, 0.25) is 0 Å². The Balaban J connectivity index is 0. The Hall–Kier alpha value is -0.770. The molecule has 0 bridgehead atoms. The van der Waals surface area contributed by atoms with Gasteiger partial charge in [-0.3, -0.25) is 4.99 Å². The maximum Gasteiger partial charge on any atom is 0.185 e. The summed E-state index contributed by atoms with van der Waals surface area (Å²) in [5.74, 6) is 0.222. The van der Waals surface area contributed by atoms with Crippen molar-refractivity contribution in [2.45, 2.75) is 96.8 Å². The summed E-state index contributed by atoms with van der Waals surface area (Å²) in [4.78, 5) is 3.99. The summed E-state index contributed by atoms with van der Waals surface area (Å²) in [6, 6.07) is 0. The first-order chi connectivity index (χ1) is 11.8. The van der Waals surface area contributed by atoms with Crippen molar-refractivity contribution in [3.63, 3.8) is 0 Å². The quantitative estimate of drug-likeness (QED) is 0.186. The highest BCUT2D eigenvalue weighted by Gasteiger charge is 1.94. The second kappa shape index (κ2) is 19.6. The van der Waals surface area contributed by atoms with Crippen molar-refractivity contribution < 1.29 is 4.48 Å². The van der Waals surface area contributed by atoms with Crippen LogP contribution in [0.3, 0.4) is 0 Å². The largest absolute Gasteiger partial charge is 0.370 e. The molecule has 0 aliphatic rings. The topological polar surface area (TPSA) is 64.4 Å². The maximum atomic E-state index is 5.27. The van der Waals surface area contributed by atoms with Gasteiger partial charge in [-0.25, -0.2) is 0 Å². The maximum absolute atomic E-state index is 5.27. The molecule has 0 aromatic heterocycles. The molecule has 0 aromatic carbocycles. The summed E-state index contributed by atoms with van der Waals surface area (Å²) in [7, 11) is 8.50. The Bertz CT molecular complexity index is 272. The van der Waals surface area contributed by atoms with E-state index in [9.17, 15) is 0 Å². The lowest BCUT2D eigenvalue weighted by Crippen LogP contribution is -2.27. The van der Waals surface area contributed by atoms with Gasteiger partial charge in [-0.05, 0) is 6.42 Å². The van der Waals surface area contributed by atoms with E-state index < -0.39 is 0 Å². The lowest BCUT2D eigenvalue weighted by molar-refractivity contribution is -0.849. The number of hydrogen-bond acceptors (Lipinski definition) is 1. The predicted octanol–water partition coefficient (Wildman–Crippen LogP) is 5.06. The molecule has 0 aromatic rings. The lowest BCUT2D eigenvalue weighted by atomic mass is 10.0. The fourth-order valence-electron chi connectivity index (χ4n) is 2.51. The number of hydrogen-bond donors (Lipinski definition) is 2. The Morgan fingerprint density at radius 3 is 1.16 bits per heavy atom. The number of aliphatic imine (C=N–C) groups is 1. The number of quaternary nitrogens is 1. The zero-order valence-electron chi connectivity index (χ0n) is 18.2. The highest BCUT2D eigenvalue weighted by molar-refractivity contribution is 5.75. The van der Waals surface area contributed by atoms with Gasteiger partial charge >= 0.3 is 0 Å². The number of guanidine groups is 1. The van der Waals surface area contributed by atoms with Crippen LogP contribution in [0.5, 0.6) is 0 Å². The standard InChI is InChI=1S/C17H37N3.C4H12N/c1-2-3-4-5-6-7-8-9-10-11-12-13-14-15-16-20-17(18)19;1-5(2,3)4/h2-16H2,1H3,(H4,18,19,20);1-4H3/q;+1. The zero-order valence-corrected chi connectivity index (χ0v) is 18.2. The average Bonchev–Trinajstić information content (AvgIpc) is 2.49. The van der Waals surface area contributed by atoms with E-state index in [-0.39, 0.29) is 5.96 Å². The van der Waals surface area contributed by atoms with Crippen molar-refractivity contribution in [1.82, 2.24) is 0 Å². The van der Waals surface area contributed by atoms with Gasteiger partial charge in [-0.15, -0.1) is 0 Å². The minimum atomic E-state index is 0.222. The van der Waals surface area contributed by atoms with Crippen molar-refractivity contribution in [2.24, 2.45) is 16.5 Å². The van der Waals surface area contributed by atoms with Crippen LogP contribution in [0.15, 0.2) is 4.99 Å². The fraction of sp³-hybridized carbons (Fsp3) is 0.952. The third-order valence-corrected chi connectivity index (χ3v) is 3.81. The van der Waals surface area contributed by atoms with E-state index in [4.69, 9.17) is 11.5 Å². The van der Waals surface area contributed by atoms with E-state index in [1.165, 1.54) is 83.5 Å². The summed E-state index contributed by atoms with van der Waals surface area (Å²) in [6.45, 7) is 3.07. The molecular weight excluding hydrogens is 308 g/mol. The van der Waals surface area contributed by atoms with Gasteiger partial charge in [0.1, 0.15) is 0 Å². The first kappa shape index (κ1) is 26.5. The van der Waals surface area contributed by atoms with Crippen LogP contribution in [0, 0.1) is 0 Å². The van der Waals surface area contributed by atoms with Gasteiger partial charge in [-0.2, -0.15) is 0 Å². The molecule has 0 saturated heterocycles. The predicted molar refractivity (Wildman–Crippen MR) is 115 cm³/mol. The molecular formula is C21H49N4+. The molecule has 0 aliphatic carbocycles. The van der Waals surface area contributed by atoms with E-state index in [1.807, 2.05) is 0 Å². The molecule has 4 N–H and O–H groups in total. The zero-order chi connectivity index (χ0) is 19.4. The van der Waals surface area contributed by atoms with Crippen LogP contribution in [0.4, 0.5) is 0 Å². The molecule has 0 radical (unpaired) electrons. The molecule has 0 atom stereocenters. The van der Waals surface area contributed by atoms with Crippen LogP contribution in [-0.2, 0) is 0 Å². The monoisotopic (exact) mass is 357 g/mol. The van der Waals surface area contributed by atoms with Crippen molar-refractivity contribution in [2.75, 3.05) is 34.7 Å². The first-order valence-corrected chi connectivity index (χ1v) is 10.6. The second-order valence-corrected chi connectivity index (χ2v) is 8.59. The van der Waals surface area contributed by atoms with Gasteiger partial charge in [0.15, 0.2) is 5.96 Å². The second-order valence-electron chi connectivity index (χ2n) is 8.59. The number of nitrogens with two attached hydrogens (primary N) is 2. The van der Waals surface area contributed by atoms with E-state index in [1.54, 1.807) is 0 Å². The van der Waals surface area contributed by atoms with E-state index >= 15 is 0 Å². The van der Waals surface area contributed by atoms with Crippen molar-refractivity contribution >= 4 is 5.96 Å². The molecule has 0 rings (SSSR count). The van der Waals surface area contributed by atoms with Crippen LogP contribution in [0.2, 0.25) is 0 Å². The summed E-state index contributed by atoms with van der Waals surface area (Å²) in [5.41, 5.74) is 10.5. The lowest BCUT2D eigenvalue weighted by Gasteiger charge is -2.14. The van der Waals surface area contributed by atoms with Crippen molar-refractivity contribution in [3.05, 3.63) is 0 Å². The van der Waals surface area contributed by atoms with Crippen LogP contribution in [-0.4, -0.2) is 45.2 Å². The summed E-state index contributed by atoms with van der Waals surface area (Å²) in [6.07, 6.45) is 19.3. The fourth-order valence-corrected chi connectivity index (χ4v) is 2.51. The Morgan fingerprint density at radius 1 is 0.600 bits per heavy atom. The third-order valence-electron chi connectivity index (χ3n) is 3.81. The van der Waals surface area contributed by atoms with Crippen molar-refractivity contribution in [3.8, 4) is 0 Å². The highest BCUT2D eigenvalue weighted by Crippen LogP contribution is 2.12. The minimum absolute atomic E-state index is 0.222. The van der Waals surface area contributed by atoms with E-state index in [2.05, 4.69) is 40.1 Å². The third kappa shape index (κ3) is 39.7. The SMILES string of the molecule is CCCCCCCCCCCCCCCCN=C(N)N.C[N+](C)(C)C. The first-order valence-electron chi connectivity index (χ1n) is 10.6. The number of nitrogens with zero attached hydrogens (tertiary/aromatic N) is 2. The van der Waals surface area contributed by atoms with Crippen LogP contribution >= 0.6 is 0 Å². The molecule has 4 nitrogen and oxygen atoms in total. The number of rotatable bonds is 15. The smallest absolute Gasteiger partial charge is 0.185 e. The summed E-state index contributed by atoms with van der Waals surface area (Å²) < 4.78 is 1.00. The molecule has 0 amide bonds. The summed E-state index contributed by atoms with van der Waals surface area (Å²) in [5, 5.41) is 0. The van der Waals surface area contributed by atoms with Crippen molar-refractivity contribution in [1.29, 1.82) is 0 Å². The van der Waals surface area contributed by atoms with Gasteiger partial charge < -0.3 is 16.0 Å². The van der Waals surface area contributed by atoms with Gasteiger partial charge in [0.05, 0.1) is 28.2 Å². The Morgan fingerprint density at radius 2 is 0.880 bits per heavy atom.